The first-order chi connectivity index (χ1) is 6.05. The third-order valence-electron chi connectivity index (χ3n) is 2.47. The van der Waals surface area contributed by atoms with Gasteiger partial charge in [0.1, 0.15) is 0 Å². The second kappa shape index (κ2) is 3.54. The highest BCUT2D eigenvalue weighted by Crippen LogP contribution is 2.40. The van der Waals surface area contributed by atoms with Crippen LogP contribution in [0.25, 0.3) is 0 Å². The van der Waals surface area contributed by atoms with E-state index in [-0.39, 0.29) is 17.7 Å². The van der Waals surface area contributed by atoms with Gasteiger partial charge in [0, 0.05) is 7.11 Å². The standard InChI is InChI=1S/C9H17NO3/c1-5-13-8(11)10-7(6-12-4)9(10,2)3/h7H,5-6H2,1-4H3. The lowest BCUT2D eigenvalue weighted by molar-refractivity contribution is 0.123. The summed E-state index contributed by atoms with van der Waals surface area (Å²) in [6.07, 6.45) is -0.241. The van der Waals surface area contributed by atoms with E-state index in [9.17, 15) is 4.79 Å². The van der Waals surface area contributed by atoms with Gasteiger partial charge in [0.25, 0.3) is 0 Å². The molecule has 1 aliphatic heterocycles. The summed E-state index contributed by atoms with van der Waals surface area (Å²) in [5, 5.41) is 0. The highest BCUT2D eigenvalue weighted by molar-refractivity contribution is 5.73. The number of hydrogen-bond donors (Lipinski definition) is 0. The smallest absolute Gasteiger partial charge is 0.410 e. The molecule has 76 valence electrons. The molecule has 0 N–H and O–H groups in total. The van der Waals surface area contributed by atoms with Crippen LogP contribution in [-0.4, -0.2) is 42.9 Å². The fourth-order valence-electron chi connectivity index (χ4n) is 1.56. The van der Waals surface area contributed by atoms with Crippen molar-refractivity contribution in [3.8, 4) is 0 Å². The number of hydrogen-bond acceptors (Lipinski definition) is 3. The summed E-state index contributed by atoms with van der Waals surface area (Å²) in [4.78, 5) is 13.1. The van der Waals surface area contributed by atoms with Crippen molar-refractivity contribution in [3.63, 3.8) is 0 Å². The van der Waals surface area contributed by atoms with Crippen LogP contribution in [0, 0.1) is 0 Å². The van der Waals surface area contributed by atoms with Crippen LogP contribution in [0.5, 0.6) is 0 Å². The molecule has 0 bridgehead atoms. The topological polar surface area (TPSA) is 38.5 Å². The number of nitrogens with zero attached hydrogens (tertiary/aromatic N) is 1. The molecular formula is C9H17NO3. The summed E-state index contributed by atoms with van der Waals surface area (Å²) in [5.74, 6) is 0. The first-order valence-electron chi connectivity index (χ1n) is 4.50. The van der Waals surface area contributed by atoms with Gasteiger partial charge in [0.15, 0.2) is 0 Å². The molecule has 1 heterocycles. The quantitative estimate of drug-likeness (QED) is 0.624. The van der Waals surface area contributed by atoms with Gasteiger partial charge in [-0.1, -0.05) is 0 Å². The first-order valence-corrected chi connectivity index (χ1v) is 4.50. The Labute approximate surface area is 78.8 Å². The van der Waals surface area contributed by atoms with Crippen LogP contribution in [0.4, 0.5) is 4.79 Å². The second-order valence-electron chi connectivity index (χ2n) is 3.69. The van der Waals surface area contributed by atoms with Crippen molar-refractivity contribution in [2.75, 3.05) is 20.3 Å². The van der Waals surface area contributed by atoms with Crippen molar-refractivity contribution >= 4 is 6.09 Å². The molecule has 13 heavy (non-hydrogen) atoms. The number of amides is 1. The van der Waals surface area contributed by atoms with Gasteiger partial charge < -0.3 is 9.47 Å². The van der Waals surface area contributed by atoms with Crippen molar-refractivity contribution in [1.82, 2.24) is 4.90 Å². The van der Waals surface area contributed by atoms with Crippen LogP contribution in [-0.2, 0) is 9.47 Å². The second-order valence-corrected chi connectivity index (χ2v) is 3.69. The Kier molecular flexibility index (Phi) is 2.81. The summed E-state index contributed by atoms with van der Waals surface area (Å²) in [5.41, 5.74) is -0.109. The average molecular weight is 187 g/mol. The van der Waals surface area contributed by atoms with Crippen molar-refractivity contribution in [1.29, 1.82) is 0 Å². The Morgan fingerprint density at radius 1 is 1.54 bits per heavy atom. The molecule has 0 aliphatic carbocycles. The molecule has 1 atom stereocenters. The van der Waals surface area contributed by atoms with E-state index in [0.717, 1.165) is 0 Å². The zero-order chi connectivity index (χ0) is 10.1. The normalized spacial score (nSPS) is 24.3. The van der Waals surface area contributed by atoms with Crippen molar-refractivity contribution in [2.24, 2.45) is 0 Å². The first kappa shape index (κ1) is 10.3. The highest BCUT2D eigenvalue weighted by Gasteiger charge is 2.59. The minimum Gasteiger partial charge on any atom is -0.450 e. The van der Waals surface area contributed by atoms with E-state index in [1.165, 1.54) is 0 Å². The van der Waals surface area contributed by atoms with Crippen LogP contribution in [0.3, 0.4) is 0 Å². The predicted octanol–water partition coefficient (Wildman–Crippen LogP) is 1.25. The zero-order valence-electron chi connectivity index (χ0n) is 8.66. The lowest BCUT2D eigenvalue weighted by Crippen LogP contribution is -2.19. The molecule has 0 aromatic rings. The molecule has 1 amide bonds. The van der Waals surface area contributed by atoms with Crippen LogP contribution in [0.1, 0.15) is 20.8 Å². The van der Waals surface area contributed by atoms with Crippen molar-refractivity contribution in [3.05, 3.63) is 0 Å². The Morgan fingerprint density at radius 3 is 2.62 bits per heavy atom. The summed E-state index contributed by atoms with van der Waals surface area (Å²) < 4.78 is 9.92. The molecule has 1 saturated heterocycles. The molecular weight excluding hydrogens is 170 g/mol. The van der Waals surface area contributed by atoms with E-state index in [4.69, 9.17) is 9.47 Å². The van der Waals surface area contributed by atoms with Gasteiger partial charge in [-0.15, -0.1) is 0 Å². The molecule has 1 unspecified atom stereocenters. The lowest BCUT2D eigenvalue weighted by Gasteiger charge is -2.05. The Balaban J connectivity index is 2.49. The van der Waals surface area contributed by atoms with Gasteiger partial charge in [-0.3, -0.25) is 4.90 Å². The third-order valence-corrected chi connectivity index (χ3v) is 2.47. The molecule has 1 fully saturated rings. The van der Waals surface area contributed by atoms with E-state index in [1.54, 1.807) is 18.9 Å². The Bertz CT molecular complexity index is 203. The maximum absolute atomic E-state index is 11.4. The predicted molar refractivity (Wildman–Crippen MR) is 48.6 cm³/mol. The monoisotopic (exact) mass is 187 g/mol. The molecule has 1 aliphatic rings. The fourth-order valence-corrected chi connectivity index (χ4v) is 1.56. The number of carbonyl (C=O) groups excluding carboxylic acids is 1. The SMILES string of the molecule is CCOC(=O)N1C(COC)C1(C)C. The third kappa shape index (κ3) is 1.77. The van der Waals surface area contributed by atoms with E-state index in [0.29, 0.717) is 13.2 Å². The minimum atomic E-state index is -0.241. The van der Waals surface area contributed by atoms with Gasteiger partial charge in [-0.05, 0) is 20.8 Å². The molecule has 0 spiro atoms. The van der Waals surface area contributed by atoms with Crippen molar-refractivity contribution in [2.45, 2.75) is 32.4 Å². The molecule has 4 nitrogen and oxygen atoms in total. The van der Waals surface area contributed by atoms with E-state index in [1.807, 2.05) is 13.8 Å². The summed E-state index contributed by atoms with van der Waals surface area (Å²) >= 11 is 0. The van der Waals surface area contributed by atoms with Crippen LogP contribution in [0.15, 0.2) is 0 Å². The maximum Gasteiger partial charge on any atom is 0.410 e. The Hall–Kier alpha value is -0.770. The zero-order valence-corrected chi connectivity index (χ0v) is 8.66. The summed E-state index contributed by atoms with van der Waals surface area (Å²) in [7, 11) is 1.64. The summed E-state index contributed by atoms with van der Waals surface area (Å²) in [6.45, 7) is 6.82. The van der Waals surface area contributed by atoms with Gasteiger partial charge >= 0.3 is 6.09 Å². The van der Waals surface area contributed by atoms with Gasteiger partial charge in [0.05, 0.1) is 24.8 Å². The van der Waals surface area contributed by atoms with E-state index >= 15 is 0 Å². The van der Waals surface area contributed by atoms with Gasteiger partial charge in [0.2, 0.25) is 0 Å². The Morgan fingerprint density at radius 2 is 2.15 bits per heavy atom. The molecule has 1 rings (SSSR count). The van der Waals surface area contributed by atoms with E-state index in [2.05, 4.69) is 0 Å². The lowest BCUT2D eigenvalue weighted by atomic mass is 10.1. The number of ether oxygens (including phenoxy) is 2. The molecule has 0 saturated carbocycles. The largest absolute Gasteiger partial charge is 0.450 e. The molecule has 0 radical (unpaired) electrons. The molecule has 0 aromatic heterocycles. The highest BCUT2D eigenvalue weighted by atomic mass is 16.6. The van der Waals surface area contributed by atoms with Gasteiger partial charge in [-0.25, -0.2) is 4.79 Å². The number of methoxy groups -OCH3 is 1. The van der Waals surface area contributed by atoms with Crippen LogP contribution < -0.4 is 0 Å². The number of rotatable bonds is 3. The number of carbonyl (C=O) groups is 1. The van der Waals surface area contributed by atoms with Crippen LogP contribution in [0.2, 0.25) is 0 Å². The molecule has 4 heteroatoms. The minimum absolute atomic E-state index is 0.109. The maximum atomic E-state index is 11.4. The fraction of sp³-hybridized carbons (Fsp3) is 0.889. The summed E-state index contributed by atoms with van der Waals surface area (Å²) in [6, 6.07) is 0.163. The van der Waals surface area contributed by atoms with Crippen molar-refractivity contribution < 1.29 is 14.3 Å². The van der Waals surface area contributed by atoms with Gasteiger partial charge in [-0.2, -0.15) is 0 Å². The van der Waals surface area contributed by atoms with Crippen LogP contribution >= 0.6 is 0 Å². The molecule has 0 aromatic carbocycles. The average Bonchev–Trinajstić information content (AvgIpc) is 2.55. The van der Waals surface area contributed by atoms with E-state index < -0.39 is 0 Å².